The van der Waals surface area contributed by atoms with E-state index in [2.05, 4.69) is 0 Å². The molecule has 3 amide bonds. The van der Waals surface area contributed by atoms with Crippen molar-refractivity contribution in [1.29, 1.82) is 0 Å². The number of anilines is 1. The lowest BCUT2D eigenvalue weighted by Gasteiger charge is -2.43. The maximum absolute atomic E-state index is 12.9. The lowest BCUT2D eigenvalue weighted by Crippen LogP contribution is -2.58. The summed E-state index contributed by atoms with van der Waals surface area (Å²) in [5.74, 6) is -0.501. The first-order valence-corrected chi connectivity index (χ1v) is 9.33. The lowest BCUT2D eigenvalue weighted by molar-refractivity contribution is -0.143. The Hall–Kier alpha value is -2.28. The van der Waals surface area contributed by atoms with Crippen LogP contribution in [-0.4, -0.2) is 72.2 Å². The minimum Gasteiger partial charge on any atom is -0.399 e. The zero-order chi connectivity index (χ0) is 20.3. The largest absolute Gasteiger partial charge is 0.399 e. The summed E-state index contributed by atoms with van der Waals surface area (Å²) < 4.78 is 0. The normalized spacial score (nSPS) is 17.2. The number of nitrogens with two attached hydrogens (primary N) is 1. The van der Waals surface area contributed by atoms with Gasteiger partial charge in [0.05, 0.1) is 16.6 Å². The monoisotopic (exact) mass is 394 g/mol. The predicted octanol–water partition coefficient (Wildman–Crippen LogP) is 1.71. The van der Waals surface area contributed by atoms with Crippen molar-refractivity contribution in [3.63, 3.8) is 0 Å². The zero-order valence-corrected chi connectivity index (χ0v) is 17.0. The Kier molecular flexibility index (Phi) is 6.70. The highest BCUT2D eigenvalue weighted by atomic mass is 35.5. The van der Waals surface area contributed by atoms with Gasteiger partial charge in [-0.2, -0.15) is 0 Å². The molecule has 7 nitrogen and oxygen atoms in total. The van der Waals surface area contributed by atoms with Gasteiger partial charge < -0.3 is 20.4 Å². The maximum atomic E-state index is 12.9. The van der Waals surface area contributed by atoms with E-state index in [1.165, 1.54) is 4.90 Å². The van der Waals surface area contributed by atoms with E-state index < -0.39 is 0 Å². The molecular formula is C19H27ClN4O3. The van der Waals surface area contributed by atoms with E-state index in [1.54, 1.807) is 42.1 Å². The summed E-state index contributed by atoms with van der Waals surface area (Å²) in [7, 11) is 3.25. The van der Waals surface area contributed by atoms with Crippen LogP contribution in [0.5, 0.6) is 0 Å². The molecule has 1 unspecified atom stereocenters. The van der Waals surface area contributed by atoms with E-state index in [4.69, 9.17) is 17.3 Å². The molecule has 1 heterocycles. The van der Waals surface area contributed by atoms with Crippen molar-refractivity contribution in [2.45, 2.75) is 26.3 Å². The molecule has 0 aliphatic carbocycles. The van der Waals surface area contributed by atoms with Crippen LogP contribution in [0.2, 0.25) is 5.02 Å². The topological polar surface area (TPSA) is 87.0 Å². The third-order valence-electron chi connectivity index (χ3n) is 4.82. The van der Waals surface area contributed by atoms with E-state index in [-0.39, 0.29) is 36.1 Å². The van der Waals surface area contributed by atoms with Crippen molar-refractivity contribution < 1.29 is 14.4 Å². The Labute approximate surface area is 165 Å². The average molecular weight is 395 g/mol. The number of hydrogen-bond acceptors (Lipinski definition) is 4. The number of carbonyl (C=O) groups excluding carboxylic acids is 3. The van der Waals surface area contributed by atoms with Crippen LogP contribution < -0.4 is 5.73 Å². The van der Waals surface area contributed by atoms with Crippen molar-refractivity contribution >= 4 is 35.0 Å². The van der Waals surface area contributed by atoms with Gasteiger partial charge in [-0.15, -0.1) is 0 Å². The molecule has 0 bridgehead atoms. The summed E-state index contributed by atoms with van der Waals surface area (Å²) in [4.78, 5) is 42.2. The van der Waals surface area contributed by atoms with Crippen molar-refractivity contribution in [2.24, 2.45) is 5.92 Å². The van der Waals surface area contributed by atoms with Gasteiger partial charge in [0.25, 0.3) is 5.91 Å². The first-order valence-electron chi connectivity index (χ1n) is 8.95. The van der Waals surface area contributed by atoms with Crippen LogP contribution >= 0.6 is 11.6 Å². The summed E-state index contributed by atoms with van der Waals surface area (Å²) in [6, 6.07) is 4.66. The Morgan fingerprint density at radius 1 is 1.26 bits per heavy atom. The van der Waals surface area contributed by atoms with Crippen molar-refractivity contribution in [2.75, 3.05) is 39.5 Å². The number of hydrogen-bond donors (Lipinski definition) is 1. The summed E-state index contributed by atoms with van der Waals surface area (Å²) in [6.45, 7) is 5.16. The molecule has 27 heavy (non-hydrogen) atoms. The molecule has 1 aromatic rings. The third kappa shape index (κ3) is 4.91. The molecule has 1 saturated heterocycles. The highest BCUT2D eigenvalue weighted by molar-refractivity contribution is 6.34. The summed E-state index contributed by atoms with van der Waals surface area (Å²) in [5, 5.41) is 0.352. The number of nitrogen functional groups attached to an aromatic ring is 1. The van der Waals surface area contributed by atoms with Gasteiger partial charge in [-0.1, -0.05) is 25.4 Å². The Balaban J connectivity index is 2.15. The number of rotatable bonds is 4. The Bertz CT molecular complexity index is 736. The van der Waals surface area contributed by atoms with E-state index in [9.17, 15) is 14.4 Å². The quantitative estimate of drug-likeness (QED) is 0.622. The van der Waals surface area contributed by atoms with E-state index in [0.29, 0.717) is 35.9 Å². The molecule has 1 aliphatic heterocycles. The molecule has 0 aromatic heterocycles. The highest BCUT2D eigenvalue weighted by Gasteiger charge is 2.35. The fraction of sp³-hybridized carbons (Fsp3) is 0.526. The van der Waals surface area contributed by atoms with E-state index in [0.717, 1.165) is 0 Å². The molecule has 0 radical (unpaired) electrons. The van der Waals surface area contributed by atoms with Crippen molar-refractivity contribution in [1.82, 2.24) is 14.7 Å². The molecule has 1 aromatic carbocycles. The summed E-state index contributed by atoms with van der Waals surface area (Å²) in [6.07, 6.45) is -0.161. The van der Waals surface area contributed by atoms with Gasteiger partial charge in [-0.25, -0.2) is 0 Å². The second-order valence-corrected chi connectivity index (χ2v) is 7.76. The average Bonchev–Trinajstić information content (AvgIpc) is 2.62. The molecule has 0 spiro atoms. The molecule has 1 fully saturated rings. The van der Waals surface area contributed by atoms with Gasteiger partial charge in [0.1, 0.15) is 6.42 Å². The van der Waals surface area contributed by atoms with Gasteiger partial charge in [-0.05, 0) is 24.1 Å². The number of nitrogens with zero attached hydrogens (tertiary/aromatic N) is 3. The fourth-order valence-corrected chi connectivity index (χ4v) is 3.34. The van der Waals surface area contributed by atoms with Crippen molar-refractivity contribution in [3.8, 4) is 0 Å². The van der Waals surface area contributed by atoms with Gasteiger partial charge in [-0.3, -0.25) is 14.4 Å². The second kappa shape index (κ2) is 8.61. The maximum Gasteiger partial charge on any atom is 0.255 e. The number of halogens is 1. The second-order valence-electron chi connectivity index (χ2n) is 7.35. The standard InChI is InChI=1S/C19H27ClN4O3/c1-12(2)16-11-23(19(27)14-9-13(21)5-6-15(14)20)7-8-24(16)18(26)10-17(25)22(3)4/h5-6,9,12,16H,7-8,10-11,21H2,1-4H3. The SMILES string of the molecule is CC(C)C1CN(C(=O)c2cc(N)ccc2Cl)CCN1C(=O)CC(=O)N(C)C. The first kappa shape index (κ1) is 21.0. The van der Waals surface area contributed by atoms with Gasteiger partial charge in [0, 0.05) is 39.4 Å². The van der Waals surface area contributed by atoms with Crippen LogP contribution in [0.15, 0.2) is 18.2 Å². The smallest absolute Gasteiger partial charge is 0.255 e. The predicted molar refractivity (Wildman–Crippen MR) is 105 cm³/mol. The minimum absolute atomic E-state index is 0.135. The number of carbonyl (C=O) groups is 3. The highest BCUT2D eigenvalue weighted by Crippen LogP contribution is 2.24. The van der Waals surface area contributed by atoms with Gasteiger partial charge in [0.2, 0.25) is 11.8 Å². The van der Waals surface area contributed by atoms with Crippen LogP contribution in [0.3, 0.4) is 0 Å². The Morgan fingerprint density at radius 3 is 2.52 bits per heavy atom. The van der Waals surface area contributed by atoms with Gasteiger partial charge >= 0.3 is 0 Å². The molecule has 1 aliphatic rings. The van der Waals surface area contributed by atoms with E-state index >= 15 is 0 Å². The lowest BCUT2D eigenvalue weighted by atomic mass is 9.98. The number of piperazine rings is 1. The molecule has 8 heteroatoms. The van der Waals surface area contributed by atoms with Crippen LogP contribution in [0.1, 0.15) is 30.6 Å². The molecule has 1 atom stereocenters. The number of benzene rings is 1. The Morgan fingerprint density at radius 2 is 1.93 bits per heavy atom. The molecule has 2 rings (SSSR count). The van der Waals surface area contributed by atoms with Crippen LogP contribution in [0.4, 0.5) is 5.69 Å². The third-order valence-corrected chi connectivity index (χ3v) is 5.15. The van der Waals surface area contributed by atoms with E-state index in [1.807, 2.05) is 13.8 Å². The summed E-state index contributed by atoms with van der Waals surface area (Å²) >= 11 is 6.17. The van der Waals surface area contributed by atoms with Crippen LogP contribution in [0.25, 0.3) is 0 Å². The van der Waals surface area contributed by atoms with Crippen LogP contribution in [0, 0.1) is 5.92 Å². The van der Waals surface area contributed by atoms with Crippen LogP contribution in [-0.2, 0) is 9.59 Å². The number of amides is 3. The molecular weight excluding hydrogens is 368 g/mol. The zero-order valence-electron chi connectivity index (χ0n) is 16.2. The van der Waals surface area contributed by atoms with Crippen molar-refractivity contribution in [3.05, 3.63) is 28.8 Å². The minimum atomic E-state index is -0.229. The molecule has 0 saturated carbocycles. The first-order chi connectivity index (χ1) is 12.6. The summed E-state index contributed by atoms with van der Waals surface area (Å²) in [5.41, 5.74) is 6.62. The fourth-order valence-electron chi connectivity index (χ4n) is 3.14. The molecule has 148 valence electrons. The van der Waals surface area contributed by atoms with Gasteiger partial charge in [0.15, 0.2) is 0 Å². The molecule has 2 N–H and O–H groups in total.